The third kappa shape index (κ3) is 2.70. The van der Waals surface area contributed by atoms with Gasteiger partial charge in [0.05, 0.1) is 16.8 Å². The van der Waals surface area contributed by atoms with Crippen LogP contribution in [0.25, 0.3) is 0 Å². The topological polar surface area (TPSA) is 70.7 Å². The Labute approximate surface area is 119 Å². The lowest BCUT2D eigenvalue weighted by Crippen LogP contribution is -2.15. The average molecular weight is 295 g/mol. The summed E-state index contributed by atoms with van der Waals surface area (Å²) in [6.07, 6.45) is 1.37. The van der Waals surface area contributed by atoms with E-state index in [9.17, 15) is 4.79 Å². The van der Waals surface area contributed by atoms with Crippen molar-refractivity contribution in [1.29, 1.82) is 5.26 Å². The van der Waals surface area contributed by atoms with Gasteiger partial charge in [0.25, 0.3) is 5.91 Å². The second kappa shape index (κ2) is 5.31. The normalized spacial score (nSPS) is 10.0. The molecule has 0 aliphatic carbocycles. The Balaban J connectivity index is 2.31. The van der Waals surface area contributed by atoms with Crippen LogP contribution in [-0.4, -0.2) is 15.7 Å². The maximum Gasteiger partial charge on any atom is 0.258 e. The Morgan fingerprint density at radius 3 is 2.84 bits per heavy atom. The van der Waals surface area contributed by atoms with Gasteiger partial charge in [-0.2, -0.15) is 10.4 Å². The number of nitriles is 1. The van der Waals surface area contributed by atoms with E-state index in [1.807, 2.05) is 6.07 Å². The fourth-order valence-electron chi connectivity index (χ4n) is 1.52. The highest BCUT2D eigenvalue weighted by Gasteiger charge is 2.15. The highest BCUT2D eigenvalue weighted by Crippen LogP contribution is 2.22. The number of halogens is 2. The molecule has 0 aliphatic heterocycles. The summed E-state index contributed by atoms with van der Waals surface area (Å²) < 4.78 is 1.40. The van der Waals surface area contributed by atoms with Crippen LogP contribution >= 0.6 is 23.2 Å². The van der Waals surface area contributed by atoms with Crippen molar-refractivity contribution in [3.05, 3.63) is 45.6 Å². The van der Waals surface area contributed by atoms with Gasteiger partial charge in [-0.1, -0.05) is 23.2 Å². The van der Waals surface area contributed by atoms with Crippen LogP contribution in [0.5, 0.6) is 0 Å². The molecule has 0 unspecified atom stereocenters. The quantitative estimate of drug-likeness (QED) is 0.926. The molecule has 0 radical (unpaired) electrons. The second-order valence-corrected chi connectivity index (χ2v) is 4.56. The van der Waals surface area contributed by atoms with Crippen molar-refractivity contribution in [3.63, 3.8) is 0 Å². The summed E-state index contributed by atoms with van der Waals surface area (Å²) in [6.45, 7) is 0. The first kappa shape index (κ1) is 13.4. The van der Waals surface area contributed by atoms with Crippen molar-refractivity contribution in [2.45, 2.75) is 0 Å². The summed E-state index contributed by atoms with van der Waals surface area (Å²) in [7, 11) is 1.62. The molecule has 0 aliphatic rings. The molecule has 2 aromatic rings. The number of carbonyl (C=O) groups excluding carboxylic acids is 1. The van der Waals surface area contributed by atoms with Gasteiger partial charge in [-0.25, -0.2) is 0 Å². The predicted octanol–water partition coefficient (Wildman–Crippen LogP) is 2.85. The number of carbonyl (C=O) groups is 1. The minimum absolute atomic E-state index is 0.241. The molecule has 0 atom stereocenters. The minimum Gasteiger partial charge on any atom is -0.306 e. The summed E-state index contributed by atoms with van der Waals surface area (Å²) >= 11 is 11.7. The monoisotopic (exact) mass is 294 g/mol. The summed E-state index contributed by atoms with van der Waals surface area (Å²) in [5, 5.41) is 16.1. The van der Waals surface area contributed by atoms with Gasteiger partial charge in [-0.05, 0) is 18.2 Å². The number of anilines is 1. The smallest absolute Gasteiger partial charge is 0.258 e. The van der Waals surface area contributed by atoms with E-state index < -0.39 is 5.91 Å². The Bertz CT molecular complexity index is 688. The molecule has 19 heavy (non-hydrogen) atoms. The molecule has 7 heteroatoms. The van der Waals surface area contributed by atoms with Crippen molar-refractivity contribution in [3.8, 4) is 6.07 Å². The van der Waals surface area contributed by atoms with Crippen LogP contribution in [0.3, 0.4) is 0 Å². The van der Waals surface area contributed by atoms with Gasteiger partial charge >= 0.3 is 0 Å². The molecule has 0 bridgehead atoms. The molecule has 0 spiro atoms. The Morgan fingerprint density at radius 2 is 2.21 bits per heavy atom. The molecule has 5 nitrogen and oxygen atoms in total. The standard InChI is InChI=1S/C12H8Cl2N4O/c1-18-11(7(5-15)6-16-18)17-12(19)9-3-2-8(13)4-10(9)14/h2-4,6H,1H3,(H,17,19). The van der Waals surface area contributed by atoms with E-state index >= 15 is 0 Å². The number of aryl methyl sites for hydroxylation is 1. The van der Waals surface area contributed by atoms with Crippen molar-refractivity contribution in [2.24, 2.45) is 7.05 Å². The molecule has 0 saturated carbocycles. The van der Waals surface area contributed by atoms with Gasteiger partial charge in [-0.15, -0.1) is 0 Å². The number of rotatable bonds is 2. The molecular weight excluding hydrogens is 287 g/mol. The van der Waals surface area contributed by atoms with E-state index in [0.717, 1.165) is 0 Å². The molecule has 2 rings (SSSR count). The number of nitrogens with one attached hydrogen (secondary N) is 1. The predicted molar refractivity (Wildman–Crippen MR) is 72.3 cm³/mol. The molecule has 1 heterocycles. The number of hydrogen-bond donors (Lipinski definition) is 1. The highest BCUT2D eigenvalue weighted by molar-refractivity contribution is 6.37. The van der Waals surface area contributed by atoms with Crippen LogP contribution in [0.2, 0.25) is 10.0 Å². The summed E-state index contributed by atoms with van der Waals surface area (Å²) in [6, 6.07) is 6.51. The molecule has 0 fully saturated rings. The van der Waals surface area contributed by atoms with Gasteiger partial charge in [-0.3, -0.25) is 9.48 Å². The van der Waals surface area contributed by atoms with Gasteiger partial charge in [0.2, 0.25) is 0 Å². The second-order valence-electron chi connectivity index (χ2n) is 3.72. The Morgan fingerprint density at radius 1 is 1.47 bits per heavy atom. The third-order valence-corrected chi connectivity index (χ3v) is 3.01. The Hall–Kier alpha value is -2.03. The lowest BCUT2D eigenvalue weighted by Gasteiger charge is -2.07. The number of aromatic nitrogens is 2. The Kier molecular flexibility index (Phi) is 3.74. The SMILES string of the molecule is Cn1ncc(C#N)c1NC(=O)c1ccc(Cl)cc1Cl. The number of nitrogens with zero attached hydrogens (tertiary/aromatic N) is 3. The highest BCUT2D eigenvalue weighted by atomic mass is 35.5. The maximum atomic E-state index is 12.1. The van der Waals surface area contributed by atoms with Crippen LogP contribution in [0.4, 0.5) is 5.82 Å². The van der Waals surface area contributed by atoms with Crippen LogP contribution in [0.15, 0.2) is 24.4 Å². The lowest BCUT2D eigenvalue weighted by molar-refractivity contribution is 0.102. The van der Waals surface area contributed by atoms with E-state index in [-0.39, 0.29) is 16.1 Å². The van der Waals surface area contributed by atoms with Gasteiger partial charge < -0.3 is 5.32 Å². The summed E-state index contributed by atoms with van der Waals surface area (Å²) in [5.74, 6) is -0.111. The van der Waals surface area contributed by atoms with E-state index in [0.29, 0.717) is 10.8 Å². The zero-order valence-electron chi connectivity index (χ0n) is 9.82. The summed E-state index contributed by atoms with van der Waals surface area (Å²) in [4.78, 5) is 12.1. The van der Waals surface area contributed by atoms with E-state index in [2.05, 4.69) is 10.4 Å². The zero-order valence-corrected chi connectivity index (χ0v) is 11.3. The molecule has 1 aromatic heterocycles. The van der Waals surface area contributed by atoms with Gasteiger partial charge in [0.1, 0.15) is 17.5 Å². The largest absolute Gasteiger partial charge is 0.306 e. The van der Waals surface area contributed by atoms with Gasteiger partial charge in [0, 0.05) is 12.1 Å². The first-order valence-electron chi connectivity index (χ1n) is 5.21. The zero-order chi connectivity index (χ0) is 14.0. The van der Waals surface area contributed by atoms with E-state index in [4.69, 9.17) is 28.5 Å². The fourth-order valence-corrected chi connectivity index (χ4v) is 2.01. The molecule has 96 valence electrons. The third-order valence-electron chi connectivity index (χ3n) is 2.47. The van der Waals surface area contributed by atoms with E-state index in [1.54, 1.807) is 13.1 Å². The lowest BCUT2D eigenvalue weighted by atomic mass is 10.2. The number of hydrogen-bond acceptors (Lipinski definition) is 3. The van der Waals surface area contributed by atoms with Crippen molar-refractivity contribution in [2.75, 3.05) is 5.32 Å². The molecule has 1 N–H and O–H groups in total. The van der Waals surface area contributed by atoms with Crippen molar-refractivity contribution < 1.29 is 4.79 Å². The number of benzene rings is 1. The molecular formula is C12H8Cl2N4O. The van der Waals surface area contributed by atoms with Gasteiger partial charge in [0.15, 0.2) is 0 Å². The first-order chi connectivity index (χ1) is 9.02. The summed E-state index contributed by atoms with van der Waals surface area (Å²) in [5.41, 5.74) is 0.553. The van der Waals surface area contributed by atoms with Crippen LogP contribution in [0.1, 0.15) is 15.9 Å². The minimum atomic E-state index is -0.429. The molecule has 1 amide bonds. The maximum absolute atomic E-state index is 12.1. The fraction of sp³-hybridized carbons (Fsp3) is 0.0833. The number of amides is 1. The van der Waals surface area contributed by atoms with E-state index in [1.165, 1.54) is 23.0 Å². The average Bonchev–Trinajstić information content (AvgIpc) is 2.70. The van der Waals surface area contributed by atoms with Crippen molar-refractivity contribution in [1.82, 2.24) is 9.78 Å². The van der Waals surface area contributed by atoms with Crippen LogP contribution in [-0.2, 0) is 7.05 Å². The molecule has 1 aromatic carbocycles. The van der Waals surface area contributed by atoms with Crippen molar-refractivity contribution >= 4 is 34.9 Å². The van der Waals surface area contributed by atoms with Crippen LogP contribution in [0, 0.1) is 11.3 Å². The van der Waals surface area contributed by atoms with Crippen LogP contribution < -0.4 is 5.32 Å². The molecule has 0 saturated heterocycles. The first-order valence-corrected chi connectivity index (χ1v) is 5.97.